The molecule has 2 aliphatic heterocycles. The zero-order valence-electron chi connectivity index (χ0n) is 16.0. The average molecular weight is 429 g/mol. The largest absolute Gasteiger partial charge is 0.393 e. The van der Waals surface area contributed by atoms with Gasteiger partial charge in [0.1, 0.15) is 0 Å². The number of thioether (sulfide) groups is 1. The third-order valence-electron chi connectivity index (χ3n) is 6.37. The molecule has 0 aromatic carbocycles. The predicted molar refractivity (Wildman–Crippen MR) is 108 cm³/mol. The van der Waals surface area contributed by atoms with Crippen LogP contribution in [0.1, 0.15) is 38.5 Å². The molecule has 3 unspecified atom stereocenters. The molecule has 156 valence electrons. The third kappa shape index (κ3) is 3.86. The maximum atomic E-state index is 13.1. The van der Waals surface area contributed by atoms with Gasteiger partial charge in [0.2, 0.25) is 5.91 Å². The molecule has 1 amide bonds. The number of nitrogens with one attached hydrogen (secondary N) is 1. The van der Waals surface area contributed by atoms with Gasteiger partial charge in [0.05, 0.1) is 28.7 Å². The summed E-state index contributed by atoms with van der Waals surface area (Å²) in [5.74, 6) is 0.889. The molecule has 2 saturated heterocycles. The van der Waals surface area contributed by atoms with E-state index >= 15 is 0 Å². The van der Waals surface area contributed by atoms with Crippen LogP contribution in [0, 0.1) is 11.8 Å². The second-order valence-corrected chi connectivity index (χ2v) is 11.2. The van der Waals surface area contributed by atoms with Crippen molar-refractivity contribution >= 4 is 27.8 Å². The van der Waals surface area contributed by atoms with E-state index in [1.807, 2.05) is 12.2 Å². The van der Waals surface area contributed by atoms with Gasteiger partial charge in [-0.2, -0.15) is 8.42 Å². The molecule has 28 heavy (non-hydrogen) atoms. The lowest BCUT2D eigenvalue weighted by molar-refractivity contribution is -0.128. The van der Waals surface area contributed by atoms with Crippen molar-refractivity contribution in [2.75, 3.05) is 18.6 Å². The minimum atomic E-state index is -3.61. The molecule has 1 spiro atoms. The van der Waals surface area contributed by atoms with Crippen molar-refractivity contribution in [3.63, 3.8) is 0 Å². The van der Waals surface area contributed by atoms with E-state index < -0.39 is 10.1 Å². The Hall–Kier alpha value is -1.03. The van der Waals surface area contributed by atoms with Crippen LogP contribution >= 0.6 is 11.8 Å². The van der Waals surface area contributed by atoms with E-state index in [4.69, 9.17) is 4.28 Å². The maximum absolute atomic E-state index is 13.1. The van der Waals surface area contributed by atoms with E-state index in [-0.39, 0.29) is 34.6 Å². The van der Waals surface area contributed by atoms with Crippen molar-refractivity contribution in [1.82, 2.24) is 10.4 Å². The van der Waals surface area contributed by atoms with Gasteiger partial charge in [-0.1, -0.05) is 12.2 Å². The zero-order valence-corrected chi connectivity index (χ0v) is 17.7. The summed E-state index contributed by atoms with van der Waals surface area (Å²) in [5, 5.41) is 14.4. The number of nitrogens with zero attached hydrogens (tertiary/aromatic N) is 1. The molecule has 2 N–H and O–H groups in total. The van der Waals surface area contributed by atoms with Crippen molar-refractivity contribution in [3.8, 4) is 0 Å². The molecule has 7 nitrogen and oxygen atoms in total. The fourth-order valence-electron chi connectivity index (χ4n) is 5.04. The Balaban J connectivity index is 1.49. The van der Waals surface area contributed by atoms with Gasteiger partial charge in [-0.15, -0.1) is 16.0 Å². The zero-order chi connectivity index (χ0) is 19.9. The van der Waals surface area contributed by atoms with Crippen molar-refractivity contribution in [2.24, 2.45) is 11.8 Å². The van der Waals surface area contributed by atoms with Crippen LogP contribution in [0.2, 0.25) is 0 Å². The summed E-state index contributed by atoms with van der Waals surface area (Å²) in [4.78, 5) is 13.1. The van der Waals surface area contributed by atoms with Crippen LogP contribution in [0.5, 0.6) is 0 Å². The van der Waals surface area contributed by atoms with Gasteiger partial charge < -0.3 is 10.4 Å². The monoisotopic (exact) mass is 428 g/mol. The van der Waals surface area contributed by atoms with Crippen molar-refractivity contribution < 1.29 is 22.6 Å². The highest BCUT2D eigenvalue weighted by Crippen LogP contribution is 2.58. The number of hydrogen-bond acceptors (Lipinski definition) is 7. The number of hydroxylamine groups is 2. The SMILES string of the molecule is CS(=O)(=O)ON1CCC2C(C(=O)NC3CCC(O)CC3)CSC23CC=CC=C13. The molecule has 0 radical (unpaired) electrons. The molecular weight excluding hydrogens is 400 g/mol. The molecule has 0 aromatic rings. The lowest BCUT2D eigenvalue weighted by Crippen LogP contribution is -2.52. The topological polar surface area (TPSA) is 95.9 Å². The smallest absolute Gasteiger partial charge is 0.285 e. The van der Waals surface area contributed by atoms with E-state index in [0.717, 1.165) is 56.2 Å². The van der Waals surface area contributed by atoms with Gasteiger partial charge in [-0.05, 0) is 50.5 Å². The normalized spacial score (nSPS) is 37.8. The molecule has 2 aliphatic carbocycles. The quantitative estimate of drug-likeness (QED) is 0.702. The molecule has 1 saturated carbocycles. The number of amides is 1. The average Bonchev–Trinajstić information content (AvgIpc) is 3.01. The first-order valence-corrected chi connectivity index (χ1v) is 12.8. The van der Waals surface area contributed by atoms with E-state index in [2.05, 4.69) is 11.4 Å². The van der Waals surface area contributed by atoms with Gasteiger partial charge >= 0.3 is 0 Å². The first-order valence-electron chi connectivity index (χ1n) is 9.95. The predicted octanol–water partition coefficient (Wildman–Crippen LogP) is 1.56. The van der Waals surface area contributed by atoms with Gasteiger partial charge in [0, 0.05) is 18.3 Å². The highest BCUT2D eigenvalue weighted by molar-refractivity contribution is 8.01. The summed E-state index contributed by atoms with van der Waals surface area (Å²) in [7, 11) is -3.61. The minimum Gasteiger partial charge on any atom is -0.393 e. The second kappa shape index (κ2) is 7.66. The lowest BCUT2D eigenvalue weighted by atomic mass is 9.72. The van der Waals surface area contributed by atoms with E-state index in [9.17, 15) is 18.3 Å². The highest BCUT2D eigenvalue weighted by Gasteiger charge is 2.57. The van der Waals surface area contributed by atoms with Gasteiger partial charge in [0.15, 0.2) is 0 Å². The molecule has 4 aliphatic rings. The number of rotatable bonds is 4. The number of aliphatic hydroxyl groups excluding tert-OH is 1. The number of carbonyl (C=O) groups excluding carboxylic acids is 1. The second-order valence-electron chi connectivity index (χ2n) is 8.28. The first kappa shape index (κ1) is 20.3. The number of piperidine rings is 1. The molecule has 3 fully saturated rings. The standard InChI is InChI=1S/C19H28N2O5S2/c1-28(24,25)26-21-11-9-16-15(12-27-19(16)10-3-2-4-17(19)21)18(23)20-13-5-7-14(22)8-6-13/h2-4,13-16,22H,5-12H2,1H3,(H,20,23). The Bertz CT molecular complexity index is 788. The van der Waals surface area contributed by atoms with Gasteiger partial charge in [0.25, 0.3) is 10.1 Å². The number of allylic oxidation sites excluding steroid dienone is 3. The Morgan fingerprint density at radius 2 is 2.07 bits per heavy atom. The van der Waals surface area contributed by atoms with Crippen LogP contribution in [0.25, 0.3) is 0 Å². The molecule has 2 heterocycles. The van der Waals surface area contributed by atoms with Crippen LogP contribution in [-0.2, 0) is 19.2 Å². The molecule has 3 atom stereocenters. The summed E-state index contributed by atoms with van der Waals surface area (Å²) in [6, 6.07) is 0.146. The Labute approximate surface area is 170 Å². The highest BCUT2D eigenvalue weighted by atomic mass is 32.2. The molecule has 9 heteroatoms. The van der Waals surface area contributed by atoms with Crippen molar-refractivity contribution in [2.45, 2.75) is 55.4 Å². The Morgan fingerprint density at radius 1 is 1.32 bits per heavy atom. The summed E-state index contributed by atoms with van der Waals surface area (Å²) < 4.78 is 28.3. The summed E-state index contributed by atoms with van der Waals surface area (Å²) in [5.41, 5.74) is 0.859. The lowest BCUT2D eigenvalue weighted by Gasteiger charge is -2.47. The first-order chi connectivity index (χ1) is 13.3. The minimum absolute atomic E-state index is 0.0906. The van der Waals surface area contributed by atoms with E-state index in [0.29, 0.717) is 6.54 Å². The third-order valence-corrected chi connectivity index (χ3v) is 8.54. The Kier molecular flexibility index (Phi) is 5.54. The van der Waals surface area contributed by atoms with E-state index in [1.165, 1.54) is 5.06 Å². The van der Waals surface area contributed by atoms with Crippen LogP contribution in [0.4, 0.5) is 0 Å². The van der Waals surface area contributed by atoms with Crippen LogP contribution in [0.15, 0.2) is 23.9 Å². The van der Waals surface area contributed by atoms with Gasteiger partial charge in [-0.3, -0.25) is 4.79 Å². The summed E-state index contributed by atoms with van der Waals surface area (Å²) in [6.45, 7) is 0.457. The van der Waals surface area contributed by atoms with Crippen LogP contribution < -0.4 is 5.32 Å². The molecule has 4 rings (SSSR count). The van der Waals surface area contributed by atoms with Gasteiger partial charge in [-0.25, -0.2) is 5.06 Å². The maximum Gasteiger partial charge on any atom is 0.285 e. The molecule has 0 aromatic heterocycles. The fraction of sp³-hybridized carbons (Fsp3) is 0.737. The van der Waals surface area contributed by atoms with E-state index in [1.54, 1.807) is 11.8 Å². The summed E-state index contributed by atoms with van der Waals surface area (Å²) in [6.07, 6.45) is 11.4. The van der Waals surface area contributed by atoms with Crippen LogP contribution in [-0.4, -0.2) is 59.9 Å². The molecular formula is C19H28N2O5S2. The number of carbonyl (C=O) groups is 1. The van der Waals surface area contributed by atoms with Crippen molar-refractivity contribution in [1.29, 1.82) is 0 Å². The summed E-state index contributed by atoms with van der Waals surface area (Å²) >= 11 is 1.75. The fourth-order valence-corrected chi connectivity index (χ4v) is 7.41. The van der Waals surface area contributed by atoms with Crippen molar-refractivity contribution in [3.05, 3.63) is 23.9 Å². The molecule has 0 bridgehead atoms. The Morgan fingerprint density at radius 3 is 2.79 bits per heavy atom. The number of aliphatic hydroxyl groups is 1. The number of hydrogen-bond donors (Lipinski definition) is 2. The van der Waals surface area contributed by atoms with Crippen LogP contribution in [0.3, 0.4) is 0 Å².